The number of rotatable bonds is 1. The Balaban J connectivity index is 2.09. The molecule has 5 nitrogen and oxygen atoms in total. The van der Waals surface area contributed by atoms with E-state index in [1.54, 1.807) is 0 Å². The second-order valence-corrected chi connectivity index (χ2v) is 4.61. The van der Waals surface area contributed by atoms with Crippen LogP contribution in [0.5, 0.6) is 0 Å². The number of nitrogens with zero attached hydrogens (tertiary/aromatic N) is 3. The first kappa shape index (κ1) is 11.0. The fraction of sp³-hybridized carbons (Fsp3) is 0.308. The molecule has 1 amide bonds. The molecular formula is C13H13N3O2. The summed E-state index contributed by atoms with van der Waals surface area (Å²) < 4.78 is 1.81. The second kappa shape index (κ2) is 3.66. The molecule has 18 heavy (non-hydrogen) atoms. The number of hydrogen-bond donors (Lipinski definition) is 0. The highest BCUT2D eigenvalue weighted by Crippen LogP contribution is 2.25. The number of benzene rings is 1. The number of aryl methyl sites for hydroxylation is 2. The van der Waals surface area contributed by atoms with Crippen molar-refractivity contribution in [1.82, 2.24) is 9.78 Å². The van der Waals surface area contributed by atoms with Gasteiger partial charge in [-0.25, -0.2) is 0 Å². The topological polar surface area (TPSA) is 55.2 Å². The van der Waals surface area contributed by atoms with Gasteiger partial charge in [-0.2, -0.15) is 5.10 Å². The van der Waals surface area contributed by atoms with Crippen LogP contribution in [0.15, 0.2) is 18.2 Å². The van der Waals surface area contributed by atoms with Crippen LogP contribution in [0, 0.1) is 6.92 Å². The van der Waals surface area contributed by atoms with Crippen LogP contribution in [0.3, 0.4) is 0 Å². The normalized spacial score (nSPS) is 16.0. The van der Waals surface area contributed by atoms with Gasteiger partial charge in [-0.05, 0) is 25.1 Å². The molecule has 0 bridgehead atoms. The van der Waals surface area contributed by atoms with Crippen LogP contribution in [-0.2, 0) is 16.6 Å². The fourth-order valence-electron chi connectivity index (χ4n) is 2.31. The number of hydrogen-bond acceptors (Lipinski definition) is 3. The maximum Gasteiger partial charge on any atom is 0.234 e. The number of fused-ring (bicyclic) bond motifs is 1. The lowest BCUT2D eigenvalue weighted by atomic mass is 10.2. The number of anilines is 1. The van der Waals surface area contributed by atoms with E-state index in [9.17, 15) is 9.59 Å². The summed E-state index contributed by atoms with van der Waals surface area (Å²) in [6.45, 7) is 2.18. The number of Topliss-reactive ketones (excluding diaryl/α,β-unsaturated/α-hetero) is 1. The minimum atomic E-state index is -0.132. The van der Waals surface area contributed by atoms with Crippen LogP contribution in [0.1, 0.15) is 12.1 Å². The first-order chi connectivity index (χ1) is 8.56. The predicted molar refractivity (Wildman–Crippen MR) is 67.4 cm³/mol. The van der Waals surface area contributed by atoms with E-state index in [2.05, 4.69) is 5.10 Å². The lowest BCUT2D eigenvalue weighted by Crippen LogP contribution is -2.24. The Morgan fingerprint density at radius 1 is 1.28 bits per heavy atom. The maximum atomic E-state index is 11.7. The molecule has 1 aromatic heterocycles. The summed E-state index contributed by atoms with van der Waals surface area (Å²) in [6, 6.07) is 5.68. The van der Waals surface area contributed by atoms with E-state index in [1.807, 2.05) is 36.9 Å². The van der Waals surface area contributed by atoms with E-state index in [4.69, 9.17) is 0 Å². The molecule has 0 spiro atoms. The van der Waals surface area contributed by atoms with Crippen LogP contribution in [0.2, 0.25) is 0 Å². The third-order valence-corrected chi connectivity index (χ3v) is 3.41. The Morgan fingerprint density at radius 3 is 2.72 bits per heavy atom. The first-order valence-electron chi connectivity index (χ1n) is 5.81. The average Bonchev–Trinajstić information content (AvgIpc) is 2.80. The van der Waals surface area contributed by atoms with Gasteiger partial charge in [-0.3, -0.25) is 14.3 Å². The molecule has 1 saturated heterocycles. The van der Waals surface area contributed by atoms with Crippen LogP contribution in [-0.4, -0.2) is 28.0 Å². The van der Waals surface area contributed by atoms with Crippen molar-refractivity contribution in [3.05, 3.63) is 23.9 Å². The van der Waals surface area contributed by atoms with E-state index >= 15 is 0 Å². The summed E-state index contributed by atoms with van der Waals surface area (Å²) in [7, 11) is 1.89. The monoisotopic (exact) mass is 243 g/mol. The number of carbonyl (C=O) groups excluding carboxylic acids is 2. The summed E-state index contributed by atoms with van der Waals surface area (Å²) in [5.74, 6) is -0.163. The molecule has 1 aromatic carbocycles. The molecule has 0 unspecified atom stereocenters. The highest BCUT2D eigenvalue weighted by molar-refractivity contribution is 6.15. The van der Waals surface area contributed by atoms with Gasteiger partial charge in [0.15, 0.2) is 5.78 Å². The Morgan fingerprint density at radius 2 is 2.06 bits per heavy atom. The molecule has 0 aliphatic carbocycles. The number of ketones is 1. The molecule has 92 valence electrons. The molecule has 0 N–H and O–H groups in total. The first-order valence-corrected chi connectivity index (χ1v) is 5.81. The third-order valence-electron chi connectivity index (χ3n) is 3.41. The minimum Gasteiger partial charge on any atom is -0.305 e. The Labute approximate surface area is 104 Å². The standard InChI is InChI=1S/C13H13N3O2/c1-8-11-4-3-9(5-12(11)14-15(8)2)16-7-10(17)6-13(16)18/h3-5H,6-7H2,1-2H3. The minimum absolute atomic E-state index is 0.0132. The molecule has 2 heterocycles. The zero-order chi connectivity index (χ0) is 12.9. The zero-order valence-corrected chi connectivity index (χ0v) is 10.3. The lowest BCUT2D eigenvalue weighted by Gasteiger charge is -2.14. The van der Waals surface area contributed by atoms with Gasteiger partial charge in [-0.15, -0.1) is 0 Å². The van der Waals surface area contributed by atoms with Crippen molar-refractivity contribution in [2.45, 2.75) is 13.3 Å². The molecule has 5 heteroatoms. The van der Waals surface area contributed by atoms with Gasteiger partial charge in [0.1, 0.15) is 0 Å². The van der Waals surface area contributed by atoms with Gasteiger partial charge >= 0.3 is 0 Å². The zero-order valence-electron chi connectivity index (χ0n) is 10.3. The van der Waals surface area contributed by atoms with E-state index < -0.39 is 0 Å². The molecule has 0 saturated carbocycles. The van der Waals surface area contributed by atoms with Gasteiger partial charge < -0.3 is 4.90 Å². The van der Waals surface area contributed by atoms with Crippen molar-refractivity contribution < 1.29 is 9.59 Å². The quantitative estimate of drug-likeness (QED) is 0.707. The maximum absolute atomic E-state index is 11.7. The summed E-state index contributed by atoms with van der Waals surface area (Å²) >= 11 is 0. The van der Waals surface area contributed by atoms with Crippen molar-refractivity contribution in [3.8, 4) is 0 Å². The van der Waals surface area contributed by atoms with Crippen LogP contribution < -0.4 is 4.90 Å². The van der Waals surface area contributed by atoms with Gasteiger partial charge in [0.25, 0.3) is 0 Å². The van der Waals surface area contributed by atoms with Crippen LogP contribution in [0.4, 0.5) is 5.69 Å². The molecule has 1 aliphatic rings. The third kappa shape index (κ3) is 1.51. The predicted octanol–water partition coefficient (Wildman–Crippen LogP) is 1.19. The molecule has 1 aliphatic heterocycles. The Kier molecular flexibility index (Phi) is 2.23. The van der Waals surface area contributed by atoms with Gasteiger partial charge in [0.05, 0.1) is 18.5 Å². The van der Waals surface area contributed by atoms with Crippen molar-refractivity contribution in [3.63, 3.8) is 0 Å². The highest BCUT2D eigenvalue weighted by atomic mass is 16.2. The van der Waals surface area contributed by atoms with Gasteiger partial charge in [-0.1, -0.05) is 0 Å². The van der Waals surface area contributed by atoms with E-state index in [-0.39, 0.29) is 24.7 Å². The van der Waals surface area contributed by atoms with E-state index in [1.165, 1.54) is 4.90 Å². The van der Waals surface area contributed by atoms with E-state index in [0.29, 0.717) is 0 Å². The average molecular weight is 243 g/mol. The van der Waals surface area contributed by atoms with Crippen molar-refractivity contribution in [2.24, 2.45) is 7.05 Å². The van der Waals surface area contributed by atoms with Crippen molar-refractivity contribution >= 4 is 28.3 Å². The summed E-state index contributed by atoms with van der Waals surface area (Å²) in [4.78, 5) is 24.5. The van der Waals surface area contributed by atoms with Gasteiger partial charge in [0, 0.05) is 23.8 Å². The Hall–Kier alpha value is -2.17. The summed E-state index contributed by atoms with van der Waals surface area (Å²) in [6.07, 6.45) is 0.0132. The van der Waals surface area contributed by atoms with Crippen LogP contribution >= 0.6 is 0 Å². The number of aromatic nitrogens is 2. The molecule has 3 rings (SSSR count). The van der Waals surface area contributed by atoms with Crippen molar-refractivity contribution in [2.75, 3.05) is 11.4 Å². The largest absolute Gasteiger partial charge is 0.305 e. The number of carbonyl (C=O) groups is 2. The smallest absolute Gasteiger partial charge is 0.234 e. The SMILES string of the molecule is Cc1c2ccc(N3CC(=O)CC3=O)cc2nn1C. The highest BCUT2D eigenvalue weighted by Gasteiger charge is 2.28. The van der Waals surface area contributed by atoms with Crippen molar-refractivity contribution in [1.29, 1.82) is 0 Å². The summed E-state index contributed by atoms with van der Waals surface area (Å²) in [5, 5.41) is 5.45. The molecule has 0 atom stereocenters. The number of amides is 1. The van der Waals surface area contributed by atoms with E-state index in [0.717, 1.165) is 22.3 Å². The van der Waals surface area contributed by atoms with Crippen LogP contribution in [0.25, 0.3) is 10.9 Å². The fourth-order valence-corrected chi connectivity index (χ4v) is 2.31. The second-order valence-electron chi connectivity index (χ2n) is 4.61. The molecule has 0 radical (unpaired) electrons. The summed E-state index contributed by atoms with van der Waals surface area (Å²) in [5.41, 5.74) is 2.68. The van der Waals surface area contributed by atoms with Gasteiger partial charge in [0.2, 0.25) is 5.91 Å². The molecule has 2 aromatic rings. The molecule has 1 fully saturated rings. The molecular weight excluding hydrogens is 230 g/mol. The lowest BCUT2D eigenvalue weighted by molar-refractivity contribution is -0.121. The Bertz CT molecular complexity index is 672.